The van der Waals surface area contributed by atoms with Crippen LogP contribution in [0.1, 0.15) is 24.5 Å². The standard InChI is InChI=1S/C18H19ClN2O4/c1-4-17(25-14-7-8-15(19)12(3)9-14)18(22)20-16-10-13(21(23)24)6-5-11(16)2/h5-10,17H,4H2,1-3H3,(H,20,22)/t17-/m0/s1. The molecule has 2 aromatic carbocycles. The smallest absolute Gasteiger partial charge is 0.271 e. The molecule has 25 heavy (non-hydrogen) atoms. The van der Waals surface area contributed by atoms with Crippen LogP contribution in [0, 0.1) is 24.0 Å². The molecule has 2 aromatic rings. The summed E-state index contributed by atoms with van der Waals surface area (Å²) in [6.45, 7) is 5.44. The second kappa shape index (κ2) is 7.98. The Bertz CT molecular complexity index is 808. The van der Waals surface area contributed by atoms with Gasteiger partial charge in [-0.15, -0.1) is 0 Å². The summed E-state index contributed by atoms with van der Waals surface area (Å²) in [5, 5.41) is 14.2. The normalized spacial score (nSPS) is 11.7. The van der Waals surface area contributed by atoms with Crippen molar-refractivity contribution in [3.63, 3.8) is 0 Å². The Morgan fingerprint density at radius 3 is 2.56 bits per heavy atom. The molecular weight excluding hydrogens is 344 g/mol. The minimum absolute atomic E-state index is 0.0804. The summed E-state index contributed by atoms with van der Waals surface area (Å²) >= 11 is 5.99. The van der Waals surface area contributed by atoms with Crippen LogP contribution in [0.5, 0.6) is 5.75 Å². The molecule has 1 N–H and O–H groups in total. The van der Waals surface area contributed by atoms with Crippen LogP contribution in [0.2, 0.25) is 5.02 Å². The molecule has 0 aromatic heterocycles. The fraction of sp³-hybridized carbons (Fsp3) is 0.278. The van der Waals surface area contributed by atoms with E-state index in [0.29, 0.717) is 22.9 Å². The Morgan fingerprint density at radius 2 is 1.96 bits per heavy atom. The van der Waals surface area contributed by atoms with Crippen LogP contribution in [-0.2, 0) is 4.79 Å². The number of amides is 1. The molecule has 2 rings (SSSR count). The van der Waals surface area contributed by atoms with Crippen LogP contribution in [0.3, 0.4) is 0 Å². The van der Waals surface area contributed by atoms with Gasteiger partial charge in [-0.25, -0.2) is 0 Å². The van der Waals surface area contributed by atoms with E-state index in [1.165, 1.54) is 12.1 Å². The van der Waals surface area contributed by atoms with Gasteiger partial charge in [0.1, 0.15) is 5.75 Å². The van der Waals surface area contributed by atoms with E-state index in [4.69, 9.17) is 16.3 Å². The third kappa shape index (κ3) is 4.70. The van der Waals surface area contributed by atoms with Crippen molar-refractivity contribution in [2.75, 3.05) is 5.32 Å². The minimum atomic E-state index is -0.723. The molecule has 0 radical (unpaired) electrons. The van der Waals surface area contributed by atoms with Crippen molar-refractivity contribution >= 4 is 28.9 Å². The van der Waals surface area contributed by atoms with Crippen LogP contribution in [0.4, 0.5) is 11.4 Å². The third-order valence-corrected chi connectivity index (χ3v) is 4.18. The molecule has 1 amide bonds. The number of nitrogens with zero attached hydrogens (tertiary/aromatic N) is 1. The number of rotatable bonds is 6. The van der Waals surface area contributed by atoms with Crippen molar-refractivity contribution in [1.82, 2.24) is 0 Å². The van der Waals surface area contributed by atoms with E-state index in [2.05, 4.69) is 5.32 Å². The summed E-state index contributed by atoms with van der Waals surface area (Å²) in [4.78, 5) is 22.9. The van der Waals surface area contributed by atoms with Gasteiger partial charge < -0.3 is 10.1 Å². The first-order valence-corrected chi connectivity index (χ1v) is 8.18. The molecule has 0 aliphatic carbocycles. The highest BCUT2D eigenvalue weighted by Gasteiger charge is 2.20. The Kier molecular flexibility index (Phi) is 5.98. The lowest BCUT2D eigenvalue weighted by molar-refractivity contribution is -0.384. The van der Waals surface area contributed by atoms with Crippen LogP contribution >= 0.6 is 11.6 Å². The molecule has 0 unspecified atom stereocenters. The third-order valence-electron chi connectivity index (χ3n) is 3.76. The number of ether oxygens (including phenoxy) is 1. The molecule has 0 aliphatic heterocycles. The second-order valence-corrected chi connectivity index (χ2v) is 6.08. The van der Waals surface area contributed by atoms with Crippen molar-refractivity contribution in [3.05, 3.63) is 62.7 Å². The second-order valence-electron chi connectivity index (χ2n) is 5.67. The molecule has 1 atom stereocenters. The number of hydrogen-bond donors (Lipinski definition) is 1. The van der Waals surface area contributed by atoms with Crippen LogP contribution in [-0.4, -0.2) is 16.9 Å². The van der Waals surface area contributed by atoms with Gasteiger partial charge in [0.15, 0.2) is 6.10 Å². The Hall–Kier alpha value is -2.60. The average molecular weight is 363 g/mol. The molecule has 0 aliphatic rings. The van der Waals surface area contributed by atoms with Crippen LogP contribution in [0.25, 0.3) is 0 Å². The minimum Gasteiger partial charge on any atom is -0.481 e. The lowest BCUT2D eigenvalue weighted by atomic mass is 10.1. The first-order valence-electron chi connectivity index (χ1n) is 7.80. The van der Waals surface area contributed by atoms with E-state index in [9.17, 15) is 14.9 Å². The summed E-state index contributed by atoms with van der Waals surface area (Å²) in [5.74, 6) is 0.179. The zero-order valence-electron chi connectivity index (χ0n) is 14.2. The molecule has 0 bridgehead atoms. The van der Waals surface area contributed by atoms with Gasteiger partial charge in [-0.05, 0) is 49.6 Å². The molecule has 132 valence electrons. The maximum atomic E-state index is 12.5. The molecular formula is C18H19ClN2O4. The van der Waals surface area contributed by atoms with Gasteiger partial charge in [0, 0.05) is 17.2 Å². The van der Waals surface area contributed by atoms with Crippen molar-refractivity contribution < 1.29 is 14.5 Å². The number of nitro groups is 1. The summed E-state index contributed by atoms with van der Waals surface area (Å²) in [7, 11) is 0. The fourth-order valence-electron chi connectivity index (χ4n) is 2.25. The fourth-order valence-corrected chi connectivity index (χ4v) is 2.37. The number of nitrogens with one attached hydrogen (secondary N) is 1. The number of carbonyl (C=O) groups is 1. The Labute approximate surface area is 150 Å². The van der Waals surface area contributed by atoms with Gasteiger partial charge in [0.05, 0.1) is 10.6 Å². The van der Waals surface area contributed by atoms with Gasteiger partial charge in [-0.2, -0.15) is 0 Å². The van der Waals surface area contributed by atoms with E-state index >= 15 is 0 Å². The lowest BCUT2D eigenvalue weighted by Crippen LogP contribution is -2.32. The van der Waals surface area contributed by atoms with Crippen molar-refractivity contribution in [1.29, 1.82) is 0 Å². The average Bonchev–Trinajstić information content (AvgIpc) is 2.57. The highest BCUT2D eigenvalue weighted by Crippen LogP contribution is 2.24. The van der Waals surface area contributed by atoms with E-state index in [-0.39, 0.29) is 11.6 Å². The summed E-state index contributed by atoms with van der Waals surface area (Å²) in [5.41, 5.74) is 1.90. The van der Waals surface area contributed by atoms with E-state index < -0.39 is 11.0 Å². The molecule has 6 nitrogen and oxygen atoms in total. The molecule has 0 heterocycles. The van der Waals surface area contributed by atoms with Gasteiger partial charge in [-0.3, -0.25) is 14.9 Å². The number of aryl methyl sites for hydroxylation is 2. The van der Waals surface area contributed by atoms with Crippen molar-refractivity contribution in [2.45, 2.75) is 33.3 Å². The summed E-state index contributed by atoms with van der Waals surface area (Å²) in [6, 6.07) is 9.50. The van der Waals surface area contributed by atoms with E-state index in [1.54, 1.807) is 31.2 Å². The van der Waals surface area contributed by atoms with Crippen LogP contribution in [0.15, 0.2) is 36.4 Å². The Balaban J connectivity index is 2.16. The molecule has 0 spiro atoms. The first kappa shape index (κ1) is 18.7. The lowest BCUT2D eigenvalue weighted by Gasteiger charge is -2.18. The zero-order valence-corrected chi connectivity index (χ0v) is 15.0. The monoisotopic (exact) mass is 362 g/mol. The Morgan fingerprint density at radius 1 is 1.24 bits per heavy atom. The van der Waals surface area contributed by atoms with Gasteiger partial charge in [0.2, 0.25) is 0 Å². The SMILES string of the molecule is CC[C@H](Oc1ccc(Cl)c(C)c1)C(=O)Nc1cc([N+](=O)[O-])ccc1C. The highest BCUT2D eigenvalue weighted by atomic mass is 35.5. The number of benzene rings is 2. The molecule has 7 heteroatoms. The van der Waals surface area contributed by atoms with Crippen LogP contribution < -0.4 is 10.1 Å². The zero-order chi connectivity index (χ0) is 18.6. The van der Waals surface area contributed by atoms with Gasteiger partial charge in [0.25, 0.3) is 11.6 Å². The maximum Gasteiger partial charge on any atom is 0.271 e. The topological polar surface area (TPSA) is 81.5 Å². The number of hydrogen-bond acceptors (Lipinski definition) is 4. The number of anilines is 1. The quantitative estimate of drug-likeness (QED) is 0.598. The summed E-state index contributed by atoms with van der Waals surface area (Å²) < 4.78 is 5.75. The number of non-ortho nitro benzene ring substituents is 1. The maximum absolute atomic E-state index is 12.5. The van der Waals surface area contributed by atoms with Crippen molar-refractivity contribution in [2.24, 2.45) is 0 Å². The molecule has 0 saturated heterocycles. The van der Waals surface area contributed by atoms with Crippen molar-refractivity contribution in [3.8, 4) is 5.75 Å². The molecule has 0 saturated carbocycles. The van der Waals surface area contributed by atoms with E-state index in [1.807, 2.05) is 13.8 Å². The predicted molar refractivity (Wildman–Crippen MR) is 97.4 cm³/mol. The predicted octanol–water partition coefficient (Wildman–Crippen LogP) is 4.66. The van der Waals surface area contributed by atoms with Gasteiger partial charge in [-0.1, -0.05) is 24.6 Å². The number of nitro benzene ring substituents is 1. The highest BCUT2D eigenvalue weighted by molar-refractivity contribution is 6.31. The largest absolute Gasteiger partial charge is 0.481 e. The van der Waals surface area contributed by atoms with E-state index in [0.717, 1.165) is 11.1 Å². The summed E-state index contributed by atoms with van der Waals surface area (Å²) in [6.07, 6.45) is -0.277. The number of carbonyl (C=O) groups excluding carboxylic acids is 1. The van der Waals surface area contributed by atoms with Gasteiger partial charge >= 0.3 is 0 Å². The molecule has 0 fully saturated rings. The number of halogens is 1. The first-order chi connectivity index (χ1) is 11.8.